The highest BCUT2D eigenvalue weighted by molar-refractivity contribution is 7.92. The SMILES string of the molecule is O=S1(=O)CCC(OCC(COC2CCS(=O)(=O)C2)(COC2CCS(=O)(=O)C2)COC2CCS(=O)(=O)C2)C1. The summed E-state index contributed by atoms with van der Waals surface area (Å²) in [5, 5.41) is 0. The Morgan fingerprint density at radius 2 is 0.649 bits per heavy atom. The van der Waals surface area contributed by atoms with E-state index in [2.05, 4.69) is 0 Å². The van der Waals surface area contributed by atoms with E-state index in [4.69, 9.17) is 18.9 Å². The third kappa shape index (κ3) is 8.82. The Morgan fingerprint density at radius 3 is 0.811 bits per heavy atom. The van der Waals surface area contributed by atoms with Crippen LogP contribution in [-0.4, -0.2) is 131 Å². The Morgan fingerprint density at radius 1 is 0.432 bits per heavy atom. The lowest BCUT2D eigenvalue weighted by Crippen LogP contribution is -2.45. The molecule has 0 N–H and O–H groups in total. The monoisotopic (exact) mass is 608 g/mol. The maximum absolute atomic E-state index is 11.9. The van der Waals surface area contributed by atoms with E-state index >= 15 is 0 Å². The lowest BCUT2D eigenvalue weighted by Gasteiger charge is -2.36. The molecule has 0 radical (unpaired) electrons. The molecule has 4 fully saturated rings. The van der Waals surface area contributed by atoms with Crippen molar-refractivity contribution in [3.63, 3.8) is 0 Å². The van der Waals surface area contributed by atoms with Gasteiger partial charge in [0.25, 0.3) is 0 Å². The van der Waals surface area contributed by atoms with E-state index in [1.54, 1.807) is 0 Å². The molecule has 0 amide bonds. The van der Waals surface area contributed by atoms with Crippen LogP contribution in [0.4, 0.5) is 0 Å². The lowest BCUT2D eigenvalue weighted by molar-refractivity contribution is -0.140. The van der Waals surface area contributed by atoms with Crippen molar-refractivity contribution >= 4 is 39.3 Å². The first kappa shape index (κ1) is 29.6. The van der Waals surface area contributed by atoms with Gasteiger partial charge in [-0.1, -0.05) is 0 Å². The van der Waals surface area contributed by atoms with E-state index < -0.39 is 69.2 Å². The highest BCUT2D eigenvalue weighted by Crippen LogP contribution is 2.29. The lowest BCUT2D eigenvalue weighted by atomic mass is 9.91. The molecule has 4 aliphatic rings. The van der Waals surface area contributed by atoms with E-state index in [1.807, 2.05) is 0 Å². The van der Waals surface area contributed by atoms with Crippen LogP contribution in [0.2, 0.25) is 0 Å². The van der Waals surface area contributed by atoms with Gasteiger partial charge in [-0.3, -0.25) is 0 Å². The molecule has 4 rings (SSSR count). The fourth-order valence-corrected chi connectivity index (χ4v) is 11.5. The summed E-state index contributed by atoms with van der Waals surface area (Å²) in [5.74, 6) is -0.380. The standard InChI is InChI=1S/C21H36O12S4/c22-34(23)5-1-17(9-34)30-13-21(14-31-18-2-6-35(24,25)10-18,15-32-19-3-7-36(26,27)11-19)16-33-20-4-8-37(28,29)12-20/h17-20H,1-16H2. The Hall–Kier alpha value is -0.360. The molecule has 0 aliphatic carbocycles. The third-order valence-electron chi connectivity index (χ3n) is 7.26. The van der Waals surface area contributed by atoms with Crippen LogP contribution in [0.15, 0.2) is 0 Å². The molecule has 0 saturated carbocycles. The van der Waals surface area contributed by atoms with Crippen LogP contribution in [0.3, 0.4) is 0 Å². The van der Waals surface area contributed by atoms with Gasteiger partial charge >= 0.3 is 0 Å². The van der Waals surface area contributed by atoms with Crippen molar-refractivity contribution in [1.29, 1.82) is 0 Å². The van der Waals surface area contributed by atoms with Gasteiger partial charge in [0.1, 0.15) is 0 Å². The van der Waals surface area contributed by atoms with E-state index in [-0.39, 0.29) is 72.5 Å². The van der Waals surface area contributed by atoms with Crippen molar-refractivity contribution in [3.8, 4) is 0 Å². The number of sulfone groups is 4. The summed E-state index contributed by atoms with van der Waals surface area (Å²) in [7, 11) is -12.8. The van der Waals surface area contributed by atoms with Crippen LogP contribution >= 0.6 is 0 Å². The molecule has 16 heteroatoms. The first-order valence-electron chi connectivity index (χ1n) is 12.4. The zero-order chi connectivity index (χ0) is 27.0. The van der Waals surface area contributed by atoms with Gasteiger partial charge in [-0.05, 0) is 25.7 Å². The molecular formula is C21H36O12S4. The highest BCUT2D eigenvalue weighted by Gasteiger charge is 2.41. The summed E-state index contributed by atoms with van der Waals surface area (Å²) >= 11 is 0. The summed E-state index contributed by atoms with van der Waals surface area (Å²) in [6.45, 7) is -0.144. The zero-order valence-corrected chi connectivity index (χ0v) is 23.9. The Bertz CT molecular complexity index is 1040. The van der Waals surface area contributed by atoms with E-state index in [9.17, 15) is 33.7 Å². The largest absolute Gasteiger partial charge is 0.376 e. The molecular weight excluding hydrogens is 572 g/mol. The van der Waals surface area contributed by atoms with E-state index in [0.29, 0.717) is 25.7 Å². The second kappa shape index (κ2) is 11.3. The average molecular weight is 609 g/mol. The third-order valence-corrected chi connectivity index (χ3v) is 14.2. The molecule has 4 unspecified atom stereocenters. The van der Waals surface area contributed by atoms with Gasteiger partial charge in [0.05, 0.1) is 102 Å². The number of ether oxygens (including phenoxy) is 4. The number of rotatable bonds is 12. The molecule has 4 atom stereocenters. The summed E-state index contributed by atoms with van der Waals surface area (Å²) in [4.78, 5) is 0. The minimum absolute atomic E-state index is 0.0218. The van der Waals surface area contributed by atoms with Crippen LogP contribution in [0.25, 0.3) is 0 Å². The van der Waals surface area contributed by atoms with Gasteiger partial charge in [-0.2, -0.15) is 0 Å². The second-order valence-electron chi connectivity index (χ2n) is 10.8. The Labute approximate surface area is 219 Å². The van der Waals surface area contributed by atoms with Crippen molar-refractivity contribution < 1.29 is 52.6 Å². The molecule has 0 aromatic carbocycles. The van der Waals surface area contributed by atoms with Gasteiger partial charge in [-0.25, -0.2) is 33.7 Å². The normalized spacial score (nSPS) is 35.5. The fourth-order valence-electron chi connectivity index (χ4n) is 5.00. The second-order valence-corrected chi connectivity index (χ2v) is 19.8. The predicted octanol–water partition coefficient (Wildman–Crippen LogP) is -1.21. The van der Waals surface area contributed by atoms with Crippen LogP contribution < -0.4 is 0 Å². The van der Waals surface area contributed by atoms with Gasteiger partial charge in [0, 0.05) is 0 Å². The molecule has 4 saturated heterocycles. The molecule has 216 valence electrons. The topological polar surface area (TPSA) is 173 Å². The minimum atomic E-state index is -3.20. The van der Waals surface area contributed by atoms with Gasteiger partial charge in [0.2, 0.25) is 0 Å². The van der Waals surface area contributed by atoms with Crippen molar-refractivity contribution in [3.05, 3.63) is 0 Å². The summed E-state index contributed by atoms with van der Waals surface area (Å²) in [5.41, 5.74) is -1.03. The Balaban J connectivity index is 1.49. The zero-order valence-electron chi connectivity index (χ0n) is 20.7. The molecule has 0 aromatic rings. The van der Waals surface area contributed by atoms with Crippen LogP contribution in [-0.2, 0) is 58.3 Å². The summed E-state index contributed by atoms with van der Waals surface area (Å²) in [6.07, 6.45) is -0.782. The smallest absolute Gasteiger partial charge is 0.152 e. The first-order chi connectivity index (χ1) is 17.1. The predicted molar refractivity (Wildman–Crippen MR) is 134 cm³/mol. The number of hydrogen-bond donors (Lipinski definition) is 0. The van der Waals surface area contributed by atoms with Crippen LogP contribution in [0, 0.1) is 5.41 Å². The maximum atomic E-state index is 11.9. The van der Waals surface area contributed by atoms with Crippen molar-refractivity contribution in [2.75, 3.05) is 72.5 Å². The molecule has 4 heterocycles. The van der Waals surface area contributed by atoms with Gasteiger partial charge in [-0.15, -0.1) is 0 Å². The molecule has 0 aromatic heterocycles. The highest BCUT2D eigenvalue weighted by atomic mass is 32.2. The first-order valence-corrected chi connectivity index (χ1v) is 19.7. The quantitative estimate of drug-likeness (QED) is 0.259. The van der Waals surface area contributed by atoms with E-state index in [1.165, 1.54) is 0 Å². The van der Waals surface area contributed by atoms with Crippen molar-refractivity contribution in [2.24, 2.45) is 5.41 Å². The number of hydrogen-bond acceptors (Lipinski definition) is 12. The van der Waals surface area contributed by atoms with Crippen LogP contribution in [0.5, 0.6) is 0 Å². The summed E-state index contributed by atoms with van der Waals surface area (Å²) in [6, 6.07) is 0. The molecule has 0 bridgehead atoms. The van der Waals surface area contributed by atoms with Crippen molar-refractivity contribution in [2.45, 2.75) is 50.1 Å². The Kier molecular flexibility index (Phi) is 9.01. The fraction of sp³-hybridized carbons (Fsp3) is 1.00. The molecule has 12 nitrogen and oxygen atoms in total. The van der Waals surface area contributed by atoms with Gasteiger partial charge in [0.15, 0.2) is 39.3 Å². The van der Waals surface area contributed by atoms with Crippen molar-refractivity contribution in [1.82, 2.24) is 0 Å². The molecule has 4 aliphatic heterocycles. The maximum Gasteiger partial charge on any atom is 0.152 e. The average Bonchev–Trinajstić information content (AvgIpc) is 3.53. The molecule has 0 spiro atoms. The van der Waals surface area contributed by atoms with E-state index in [0.717, 1.165) is 0 Å². The van der Waals surface area contributed by atoms with Gasteiger partial charge < -0.3 is 18.9 Å². The minimum Gasteiger partial charge on any atom is -0.376 e. The summed E-state index contributed by atoms with van der Waals surface area (Å²) < 4.78 is 119. The molecule has 37 heavy (non-hydrogen) atoms. The van der Waals surface area contributed by atoms with Crippen LogP contribution in [0.1, 0.15) is 25.7 Å².